The predicted octanol–water partition coefficient (Wildman–Crippen LogP) is 5.05. The zero-order chi connectivity index (χ0) is 22.1. The van der Waals surface area contributed by atoms with Crippen molar-refractivity contribution < 1.29 is 14.3 Å². The number of aromatic amines is 1. The van der Waals surface area contributed by atoms with Crippen molar-refractivity contribution in [2.45, 2.75) is 0 Å². The lowest BCUT2D eigenvalue weighted by Gasteiger charge is -2.13. The van der Waals surface area contributed by atoms with Gasteiger partial charge in [-0.2, -0.15) is 0 Å². The van der Waals surface area contributed by atoms with E-state index in [9.17, 15) is 4.79 Å². The number of hydrogen-bond donors (Lipinski definition) is 2. The zero-order valence-corrected chi connectivity index (χ0v) is 17.5. The SMILES string of the molecule is COc1ccc(-c2cc(C(=O)Nc3nc4ccccc4[nH]3)c3ccccc3n2)c(OC)c1. The molecule has 0 saturated heterocycles. The Morgan fingerprint density at radius 2 is 1.66 bits per heavy atom. The number of fused-ring (bicyclic) bond motifs is 2. The highest BCUT2D eigenvalue weighted by atomic mass is 16.5. The molecule has 0 bridgehead atoms. The molecule has 0 atom stereocenters. The van der Waals surface area contributed by atoms with Crippen LogP contribution in [0.4, 0.5) is 5.95 Å². The van der Waals surface area contributed by atoms with Gasteiger partial charge in [0.1, 0.15) is 11.5 Å². The summed E-state index contributed by atoms with van der Waals surface area (Å²) in [5, 5.41) is 3.63. The second-order valence-electron chi connectivity index (χ2n) is 7.20. The number of para-hydroxylation sites is 3. The minimum atomic E-state index is -0.281. The minimum absolute atomic E-state index is 0.281. The average Bonchev–Trinajstić information content (AvgIpc) is 3.25. The lowest BCUT2D eigenvalue weighted by atomic mass is 10.0. The monoisotopic (exact) mass is 424 g/mol. The smallest absolute Gasteiger partial charge is 0.258 e. The van der Waals surface area contributed by atoms with E-state index in [4.69, 9.17) is 14.5 Å². The minimum Gasteiger partial charge on any atom is -0.497 e. The van der Waals surface area contributed by atoms with Crippen LogP contribution in [-0.2, 0) is 0 Å². The van der Waals surface area contributed by atoms with E-state index in [1.54, 1.807) is 26.4 Å². The van der Waals surface area contributed by atoms with E-state index in [1.807, 2.05) is 60.7 Å². The number of carbonyl (C=O) groups excluding carboxylic acids is 1. The van der Waals surface area contributed by atoms with Crippen molar-refractivity contribution in [3.8, 4) is 22.8 Å². The number of nitrogens with one attached hydrogen (secondary N) is 2. The number of amides is 1. The molecule has 0 aliphatic carbocycles. The van der Waals surface area contributed by atoms with Crippen LogP contribution >= 0.6 is 0 Å². The molecule has 32 heavy (non-hydrogen) atoms. The number of hydrogen-bond acceptors (Lipinski definition) is 5. The predicted molar refractivity (Wildman–Crippen MR) is 124 cm³/mol. The van der Waals surface area contributed by atoms with Crippen LogP contribution in [-0.4, -0.2) is 35.1 Å². The van der Waals surface area contributed by atoms with Gasteiger partial charge in [-0.3, -0.25) is 10.1 Å². The molecule has 3 aromatic carbocycles. The van der Waals surface area contributed by atoms with Crippen LogP contribution in [0.5, 0.6) is 11.5 Å². The molecule has 0 saturated carbocycles. The van der Waals surface area contributed by atoms with Gasteiger partial charge in [0.25, 0.3) is 5.91 Å². The lowest BCUT2D eigenvalue weighted by molar-refractivity contribution is 0.102. The normalized spacial score (nSPS) is 10.9. The Morgan fingerprint density at radius 3 is 2.44 bits per heavy atom. The number of H-pyrrole nitrogens is 1. The van der Waals surface area contributed by atoms with Crippen LogP contribution < -0.4 is 14.8 Å². The highest BCUT2D eigenvalue weighted by molar-refractivity contribution is 6.13. The summed E-state index contributed by atoms with van der Waals surface area (Å²) in [5.74, 6) is 1.39. The fourth-order valence-electron chi connectivity index (χ4n) is 3.70. The number of benzene rings is 3. The van der Waals surface area contributed by atoms with Crippen molar-refractivity contribution in [1.29, 1.82) is 0 Å². The number of imidazole rings is 1. The molecule has 0 aliphatic rings. The number of anilines is 1. The van der Waals surface area contributed by atoms with Gasteiger partial charge in [0.05, 0.1) is 42.0 Å². The summed E-state index contributed by atoms with van der Waals surface area (Å²) in [6, 6.07) is 22.4. The summed E-state index contributed by atoms with van der Waals surface area (Å²) >= 11 is 0. The van der Waals surface area contributed by atoms with Crippen molar-refractivity contribution >= 4 is 33.8 Å². The molecule has 0 radical (unpaired) electrons. The second-order valence-corrected chi connectivity index (χ2v) is 7.20. The van der Waals surface area contributed by atoms with Gasteiger partial charge in [0.2, 0.25) is 5.95 Å². The molecule has 158 valence electrons. The summed E-state index contributed by atoms with van der Waals surface area (Å²) < 4.78 is 10.8. The van der Waals surface area contributed by atoms with E-state index >= 15 is 0 Å². The largest absolute Gasteiger partial charge is 0.497 e. The Morgan fingerprint density at radius 1 is 0.875 bits per heavy atom. The first kappa shape index (κ1) is 19.6. The summed E-state index contributed by atoms with van der Waals surface area (Å²) in [4.78, 5) is 25.6. The van der Waals surface area contributed by atoms with E-state index in [-0.39, 0.29) is 5.91 Å². The molecule has 7 nitrogen and oxygen atoms in total. The number of pyridine rings is 1. The van der Waals surface area contributed by atoms with E-state index in [0.717, 1.165) is 22.0 Å². The van der Waals surface area contributed by atoms with Crippen LogP contribution in [0, 0.1) is 0 Å². The first-order chi connectivity index (χ1) is 15.7. The summed E-state index contributed by atoms with van der Waals surface area (Å²) in [7, 11) is 3.19. The van der Waals surface area contributed by atoms with Crippen molar-refractivity contribution in [2.75, 3.05) is 19.5 Å². The maximum Gasteiger partial charge on any atom is 0.258 e. The van der Waals surface area contributed by atoms with E-state index in [0.29, 0.717) is 34.2 Å². The number of rotatable bonds is 5. The maximum atomic E-state index is 13.3. The number of nitrogens with zero attached hydrogens (tertiary/aromatic N) is 2. The van der Waals surface area contributed by atoms with Crippen molar-refractivity contribution in [1.82, 2.24) is 15.0 Å². The molecule has 0 fully saturated rings. The number of methoxy groups -OCH3 is 2. The van der Waals surface area contributed by atoms with Gasteiger partial charge in [-0.15, -0.1) is 0 Å². The molecule has 0 aliphatic heterocycles. The maximum absolute atomic E-state index is 13.3. The van der Waals surface area contributed by atoms with Gasteiger partial charge in [0, 0.05) is 17.0 Å². The molecule has 2 heterocycles. The quantitative estimate of drug-likeness (QED) is 0.412. The molecule has 7 heteroatoms. The van der Waals surface area contributed by atoms with Gasteiger partial charge in [-0.25, -0.2) is 9.97 Å². The Bertz CT molecular complexity index is 1430. The highest BCUT2D eigenvalue weighted by Crippen LogP contribution is 2.34. The molecule has 2 N–H and O–H groups in total. The van der Waals surface area contributed by atoms with Crippen LogP contribution in [0.25, 0.3) is 33.2 Å². The van der Waals surface area contributed by atoms with Crippen LogP contribution in [0.3, 0.4) is 0 Å². The van der Waals surface area contributed by atoms with Crippen molar-refractivity contribution in [3.63, 3.8) is 0 Å². The Hall–Kier alpha value is -4.39. The van der Waals surface area contributed by atoms with Gasteiger partial charge in [-0.05, 0) is 36.4 Å². The third-order valence-electron chi connectivity index (χ3n) is 5.27. The van der Waals surface area contributed by atoms with Gasteiger partial charge < -0.3 is 14.5 Å². The first-order valence-corrected chi connectivity index (χ1v) is 10.0. The third kappa shape index (κ3) is 3.50. The lowest BCUT2D eigenvalue weighted by Crippen LogP contribution is -2.14. The molecule has 0 unspecified atom stereocenters. The molecular formula is C25H20N4O3. The Balaban J connectivity index is 1.60. The number of ether oxygens (including phenoxy) is 2. The van der Waals surface area contributed by atoms with Crippen LogP contribution in [0.2, 0.25) is 0 Å². The Kier molecular flexibility index (Phi) is 4.91. The highest BCUT2D eigenvalue weighted by Gasteiger charge is 2.17. The van der Waals surface area contributed by atoms with Gasteiger partial charge >= 0.3 is 0 Å². The average molecular weight is 424 g/mol. The van der Waals surface area contributed by atoms with Crippen molar-refractivity contribution in [2.24, 2.45) is 0 Å². The number of carbonyl (C=O) groups is 1. The zero-order valence-electron chi connectivity index (χ0n) is 17.5. The van der Waals surface area contributed by atoms with Crippen LogP contribution in [0.1, 0.15) is 10.4 Å². The van der Waals surface area contributed by atoms with Gasteiger partial charge in [-0.1, -0.05) is 30.3 Å². The molecule has 5 aromatic rings. The third-order valence-corrected chi connectivity index (χ3v) is 5.27. The van der Waals surface area contributed by atoms with E-state index in [1.165, 1.54) is 0 Å². The first-order valence-electron chi connectivity index (χ1n) is 10.0. The summed E-state index contributed by atoms with van der Waals surface area (Å²) in [5.41, 5.74) is 4.22. The molecule has 0 spiro atoms. The fourth-order valence-corrected chi connectivity index (χ4v) is 3.70. The van der Waals surface area contributed by atoms with Crippen LogP contribution in [0.15, 0.2) is 72.8 Å². The van der Waals surface area contributed by atoms with E-state index in [2.05, 4.69) is 15.3 Å². The molecule has 2 aromatic heterocycles. The summed E-state index contributed by atoms with van der Waals surface area (Å²) in [6.45, 7) is 0. The van der Waals surface area contributed by atoms with Gasteiger partial charge in [0.15, 0.2) is 0 Å². The molecule has 1 amide bonds. The second kappa shape index (κ2) is 8.03. The standard InChI is InChI=1S/C25H20N4O3/c1-31-15-11-12-17(23(13-15)32-2)22-14-18(16-7-3-4-8-19(16)26-22)24(30)29-25-27-20-9-5-6-10-21(20)28-25/h3-14H,1-2H3,(H2,27,28,29,30). The molecule has 5 rings (SSSR count). The van der Waals surface area contributed by atoms with Crippen molar-refractivity contribution in [3.05, 3.63) is 78.4 Å². The number of aromatic nitrogens is 3. The van der Waals surface area contributed by atoms with E-state index < -0.39 is 0 Å². The molecular weight excluding hydrogens is 404 g/mol. The topological polar surface area (TPSA) is 89.1 Å². The summed E-state index contributed by atoms with van der Waals surface area (Å²) in [6.07, 6.45) is 0. The fraction of sp³-hybridized carbons (Fsp3) is 0.0800. The Labute approximate surface area is 184 Å².